The topological polar surface area (TPSA) is 156 Å². The van der Waals surface area contributed by atoms with Gasteiger partial charge in [-0.15, -0.1) is 214 Å². The Bertz CT molecular complexity index is 8120. The number of rotatable bonds is 10. The van der Waals surface area contributed by atoms with E-state index in [-0.39, 0.29) is 80.4 Å². The van der Waals surface area contributed by atoms with Gasteiger partial charge < -0.3 is 57.5 Å². The molecule has 0 N–H and O–H groups in total. The summed E-state index contributed by atoms with van der Waals surface area (Å²) < 4.78 is 24.2. The van der Waals surface area contributed by atoms with E-state index in [9.17, 15) is 0 Å². The monoisotopic (exact) mass is 2550 g/mol. The van der Waals surface area contributed by atoms with Gasteiger partial charge in [-0.2, -0.15) is 0 Å². The second-order valence-electron chi connectivity index (χ2n) is 33.9. The van der Waals surface area contributed by atoms with Gasteiger partial charge in [-0.1, -0.05) is 230 Å². The molecule has 0 bridgehead atoms. The van der Waals surface area contributed by atoms with Crippen LogP contribution in [0, 0.1) is 97.0 Å². The standard InChI is InChI=1S/2C20H16NO.C19H14NO.C18H12NO.C13H12N.2C12H10N.C11H8N.4Ir/c1-13(2)15-6-5-7-17-16-10-9-14(12-19(16)22-20(15)17)18-8-3-4-11-21-18;1-13(2)14-6-8-16-17-9-7-15(18-5-3-4-10-21-18)12-20(17)22-19(16)11-14;1-12-3-5-15-16-6-4-14(11-19(16)21-18(15)10-12)17-9-13(2)7-8-20-17;1-12-5-4-6-15-14-9-8-13(11-17(14)20-18(12)15)16-7-2-3-10-19-16;1-10-8-13(14-9-11(10)2)12-6-4-3-5-7-12;1-10-6-5-9-12(13-10)11-7-3-2-4-8-11;1-10-7-8-12(13-9-10)11-5-3-2-4-6-11;1-2-6-10(7-3-1)11-8-4-5-9-12-11;;;;/h3-8,10-13H,1-2H3;3-6,8-13H,1-2H3;3,5-11H,1-2H3;2-7,9-11H,1H3;3-6,8-9H,1-2H3;2-7,9H,1H3;2-5,7-9H,1H3;1-6,8-9H;;;;/q8*-1;;;;. The minimum atomic E-state index is 0. The van der Waals surface area contributed by atoms with Gasteiger partial charge in [-0.05, 0) is 209 Å². The van der Waals surface area contributed by atoms with Crippen molar-refractivity contribution in [3.63, 3.8) is 0 Å². The van der Waals surface area contributed by atoms with Crippen molar-refractivity contribution in [2.45, 2.75) is 88.0 Å². The fourth-order valence-electron chi connectivity index (χ4n) is 15.7. The molecule has 16 heteroatoms. The molecule has 0 saturated heterocycles. The summed E-state index contributed by atoms with van der Waals surface area (Å²) in [7, 11) is 0. The number of aryl methyl sites for hydroxylation is 7. The van der Waals surface area contributed by atoms with Crippen LogP contribution in [-0.4, -0.2) is 39.9 Å². The molecule has 0 amide bonds. The van der Waals surface area contributed by atoms with Crippen molar-refractivity contribution in [1.82, 2.24) is 39.9 Å². The first-order valence-corrected chi connectivity index (χ1v) is 45.6. The van der Waals surface area contributed by atoms with Crippen molar-refractivity contribution in [2.24, 2.45) is 0 Å². The number of hydrogen-bond donors (Lipinski definition) is 0. The maximum Gasteiger partial charge on any atom is 0.127 e. The molecule has 0 aliphatic rings. The van der Waals surface area contributed by atoms with Crippen LogP contribution in [0.3, 0.4) is 0 Å². The molecular weight excluding hydrogens is 2450 g/mol. The van der Waals surface area contributed by atoms with Gasteiger partial charge in [0, 0.05) is 129 Å². The maximum atomic E-state index is 6.16. The third-order valence-electron chi connectivity index (χ3n) is 23.2. The predicted molar refractivity (Wildman–Crippen MR) is 559 cm³/mol. The number of pyridine rings is 8. The molecule has 0 fully saturated rings. The van der Waals surface area contributed by atoms with Gasteiger partial charge in [0.25, 0.3) is 0 Å². The number of nitrogens with zero attached hydrogens (tertiary/aromatic N) is 8. The van der Waals surface area contributed by atoms with Gasteiger partial charge in [0.2, 0.25) is 0 Å². The van der Waals surface area contributed by atoms with Crippen LogP contribution < -0.4 is 0 Å². The molecule has 12 aromatic heterocycles. The Kier molecular flexibility index (Phi) is 36.9. The van der Waals surface area contributed by atoms with Crippen LogP contribution in [0.4, 0.5) is 0 Å². The molecule has 0 spiro atoms. The molecular formula is C125H98Ir4N8O4-8. The van der Waals surface area contributed by atoms with Gasteiger partial charge in [-0.3, -0.25) is 0 Å². The summed E-state index contributed by atoms with van der Waals surface area (Å²) in [4.78, 5) is 34.8. The summed E-state index contributed by atoms with van der Waals surface area (Å²) in [6, 6.07) is 138. The van der Waals surface area contributed by atoms with E-state index in [0.717, 1.165) is 189 Å². The van der Waals surface area contributed by atoms with E-state index in [1.54, 1.807) is 24.8 Å². The third-order valence-corrected chi connectivity index (χ3v) is 23.2. The molecule has 24 rings (SSSR count). The second kappa shape index (κ2) is 50.0. The Morgan fingerprint density at radius 1 is 0.227 bits per heavy atom. The zero-order valence-corrected chi connectivity index (χ0v) is 89.2. The summed E-state index contributed by atoms with van der Waals surface area (Å²) in [6.07, 6.45) is 12.8. The van der Waals surface area contributed by atoms with Crippen LogP contribution in [0.2, 0.25) is 0 Å². The van der Waals surface area contributed by atoms with E-state index in [1.165, 1.54) is 38.9 Å². The smallest absolute Gasteiger partial charge is 0.127 e. The van der Waals surface area contributed by atoms with Crippen LogP contribution in [0.15, 0.2) is 401 Å². The third kappa shape index (κ3) is 26.2. The molecule has 0 saturated carbocycles. The van der Waals surface area contributed by atoms with Gasteiger partial charge in [0.1, 0.15) is 22.3 Å². The number of fused-ring (bicyclic) bond motifs is 12. The molecule has 4 radical (unpaired) electrons. The Morgan fingerprint density at radius 2 is 0.610 bits per heavy atom. The molecule has 0 aliphatic carbocycles. The summed E-state index contributed by atoms with van der Waals surface area (Å²) >= 11 is 0. The van der Waals surface area contributed by atoms with Crippen molar-refractivity contribution in [3.8, 4) is 90.1 Å². The zero-order chi connectivity index (χ0) is 94.5. The van der Waals surface area contributed by atoms with Crippen molar-refractivity contribution in [2.75, 3.05) is 0 Å². The molecule has 24 aromatic rings. The summed E-state index contributed by atoms with van der Waals surface area (Å²) in [6.45, 7) is 23.2. The number of hydrogen-bond acceptors (Lipinski definition) is 12. The van der Waals surface area contributed by atoms with Crippen LogP contribution >= 0.6 is 0 Å². The van der Waals surface area contributed by atoms with E-state index in [1.807, 2.05) is 281 Å². The number of para-hydroxylation sites is 2. The van der Waals surface area contributed by atoms with Crippen LogP contribution in [0.25, 0.3) is 178 Å². The average Bonchev–Trinajstić information content (AvgIpc) is 1.61. The Balaban J connectivity index is 0.000000136. The van der Waals surface area contributed by atoms with Gasteiger partial charge in [0.05, 0.1) is 22.3 Å². The first kappa shape index (κ1) is 104. The normalized spacial score (nSPS) is 10.6. The number of aromatic nitrogens is 8. The van der Waals surface area contributed by atoms with E-state index in [2.05, 4.69) is 242 Å². The first-order chi connectivity index (χ1) is 66.9. The second-order valence-corrected chi connectivity index (χ2v) is 33.9. The van der Waals surface area contributed by atoms with Gasteiger partial charge >= 0.3 is 0 Å². The first-order valence-electron chi connectivity index (χ1n) is 45.6. The Hall–Kier alpha value is -14.4. The average molecular weight is 2550 g/mol. The van der Waals surface area contributed by atoms with Gasteiger partial charge in [-0.25, -0.2) is 0 Å². The van der Waals surface area contributed by atoms with Gasteiger partial charge in [0.15, 0.2) is 0 Å². The molecule has 12 heterocycles. The van der Waals surface area contributed by atoms with E-state index >= 15 is 0 Å². The molecule has 706 valence electrons. The van der Waals surface area contributed by atoms with Crippen molar-refractivity contribution >= 4 is 87.8 Å². The fourth-order valence-corrected chi connectivity index (χ4v) is 15.7. The predicted octanol–water partition coefficient (Wildman–Crippen LogP) is 32.4. The minimum absolute atomic E-state index is 0. The Labute approximate surface area is 877 Å². The zero-order valence-electron chi connectivity index (χ0n) is 79.6. The molecule has 12 nitrogen and oxygen atoms in total. The summed E-state index contributed by atoms with van der Waals surface area (Å²) in [5, 5.41) is 8.99. The van der Waals surface area contributed by atoms with Crippen molar-refractivity contribution in [1.29, 1.82) is 0 Å². The van der Waals surface area contributed by atoms with Crippen molar-refractivity contribution in [3.05, 3.63) is 482 Å². The Morgan fingerprint density at radius 3 is 1.06 bits per heavy atom. The molecule has 12 aromatic carbocycles. The van der Waals surface area contributed by atoms with E-state index in [4.69, 9.17) is 17.7 Å². The van der Waals surface area contributed by atoms with Crippen LogP contribution in [-0.2, 0) is 80.4 Å². The largest absolute Gasteiger partial charge is 0.476 e. The maximum absolute atomic E-state index is 6.16. The number of furan rings is 4. The fraction of sp³-hybridized carbons (Fsp3) is 0.104. The summed E-state index contributed by atoms with van der Waals surface area (Å²) in [5.41, 5.74) is 33.7. The summed E-state index contributed by atoms with van der Waals surface area (Å²) in [5.74, 6) is 0.928. The molecule has 0 atom stereocenters. The van der Waals surface area contributed by atoms with E-state index < -0.39 is 0 Å². The minimum Gasteiger partial charge on any atom is -0.476 e. The SMILES string of the molecule is CC(C)c1ccc2c(c1)oc1cc(-c3ccccn3)[c-]cc12.CC(C)c1cccc2c1oc1cc(-c3ccccn3)[c-]cc12.Cc1ccc(-c2[c-]cccc2)nc1.Cc1cccc(-c2[c-]cccc2)n1.Cc1cccc2c1oc1cc(-c3ccccn3)[c-]cc12.Cc1ccnc(-c2[c-]cc3c(c2)oc2cc(C)ccc23)c1.Cc1cnc(-c2[c-]cccc2)cc1C.[Ir].[Ir].[Ir].[Ir].[c-]1ccccc1-c1ccccn1. The molecule has 141 heavy (non-hydrogen) atoms. The van der Waals surface area contributed by atoms with Crippen LogP contribution in [0.1, 0.15) is 89.7 Å². The van der Waals surface area contributed by atoms with Crippen molar-refractivity contribution < 1.29 is 98.1 Å². The van der Waals surface area contributed by atoms with E-state index in [0.29, 0.717) is 11.8 Å². The number of benzene rings is 12. The quantitative estimate of drug-likeness (QED) is 0.120. The van der Waals surface area contributed by atoms with Crippen LogP contribution in [0.5, 0.6) is 0 Å². The molecule has 0 unspecified atom stereocenters. The molecule has 0 aliphatic heterocycles.